The molecule has 9 atom stereocenters. The number of hydrogen-bond donors (Lipinski definition) is 1. The highest BCUT2D eigenvalue weighted by Gasteiger charge is 2.69. The van der Waals surface area contributed by atoms with Crippen molar-refractivity contribution in [3.05, 3.63) is 23.8 Å². The quantitative estimate of drug-likeness (QED) is 0.462. The van der Waals surface area contributed by atoms with Crippen LogP contribution in [0.3, 0.4) is 0 Å². The van der Waals surface area contributed by atoms with Gasteiger partial charge in [0.2, 0.25) is 5.12 Å². The predicted octanol–water partition coefficient (Wildman–Crippen LogP) is 5.34. The second-order valence-electron chi connectivity index (χ2n) is 12.9. The molecule has 39 heavy (non-hydrogen) atoms. The smallest absolute Gasteiger partial charge is 0.315 e. The van der Waals surface area contributed by atoms with Gasteiger partial charge in [-0.2, -0.15) is 5.26 Å². The Balaban J connectivity index is 1.40. The van der Waals surface area contributed by atoms with Crippen molar-refractivity contribution in [1.82, 2.24) is 0 Å². The first kappa shape index (κ1) is 28.5. The minimum absolute atomic E-state index is 0.0119. The zero-order valence-electron chi connectivity index (χ0n) is 22.8. The van der Waals surface area contributed by atoms with Gasteiger partial charge < -0.3 is 9.84 Å². The van der Waals surface area contributed by atoms with E-state index >= 15 is 8.78 Å². The molecule has 212 valence electrons. The molecule has 0 aromatic heterocycles. The minimum Gasteiger partial charge on any atom is -0.461 e. The Morgan fingerprint density at radius 3 is 2.59 bits per heavy atom. The van der Waals surface area contributed by atoms with Gasteiger partial charge in [-0.05, 0) is 82.4 Å². The van der Waals surface area contributed by atoms with Gasteiger partial charge in [-0.3, -0.25) is 14.4 Å². The first-order chi connectivity index (χ1) is 18.3. The number of nitriles is 1. The third-order valence-electron chi connectivity index (χ3n) is 11.2. The highest BCUT2D eigenvalue weighted by atomic mass is 32.2. The normalized spacial score (nSPS) is 46.8. The van der Waals surface area contributed by atoms with Crippen LogP contribution in [0.5, 0.6) is 0 Å². The molecule has 9 heteroatoms. The van der Waals surface area contributed by atoms with Crippen molar-refractivity contribution in [3.8, 4) is 6.07 Å². The number of carbonyl (C=O) groups is 3. The number of ketones is 1. The van der Waals surface area contributed by atoms with Crippen LogP contribution in [-0.2, 0) is 19.1 Å². The van der Waals surface area contributed by atoms with Crippen LogP contribution in [0.25, 0.3) is 0 Å². The number of allylic oxidation sites excluding steroid dienone is 4. The first-order valence-electron chi connectivity index (χ1n) is 14.0. The van der Waals surface area contributed by atoms with Crippen molar-refractivity contribution in [2.24, 2.45) is 28.1 Å². The maximum absolute atomic E-state index is 17.1. The van der Waals surface area contributed by atoms with Gasteiger partial charge in [0.25, 0.3) is 0 Å². The molecule has 6 nitrogen and oxygen atoms in total. The number of thioether (sulfide) groups is 1. The SMILES string of the molecule is CC1(C(=O)O[C@@H]2CC[C@H]3[C@@H]4C[C@H](F)C5=CC(=O)C=C[C@]5(C)[C@@]4(F)CC[C@]23C)CCCCC1(O)C(=O)SCC#N. The van der Waals surface area contributed by atoms with Crippen molar-refractivity contribution in [1.29, 1.82) is 5.26 Å². The summed E-state index contributed by atoms with van der Waals surface area (Å²) in [7, 11) is 0. The lowest BCUT2D eigenvalue weighted by atomic mass is 9.46. The molecule has 0 aromatic rings. The van der Waals surface area contributed by atoms with Crippen molar-refractivity contribution in [2.45, 2.75) is 102 Å². The lowest BCUT2D eigenvalue weighted by molar-refractivity contribution is -0.197. The molecule has 0 bridgehead atoms. The van der Waals surface area contributed by atoms with E-state index in [1.807, 2.05) is 13.0 Å². The minimum atomic E-state index is -1.93. The van der Waals surface area contributed by atoms with Crippen LogP contribution in [0.15, 0.2) is 23.8 Å². The molecule has 5 aliphatic carbocycles. The molecule has 5 rings (SSSR count). The van der Waals surface area contributed by atoms with E-state index in [4.69, 9.17) is 10.00 Å². The summed E-state index contributed by atoms with van der Waals surface area (Å²) in [6.45, 7) is 5.26. The van der Waals surface area contributed by atoms with Crippen molar-refractivity contribution in [2.75, 3.05) is 5.75 Å². The molecule has 4 saturated carbocycles. The molecule has 5 aliphatic rings. The van der Waals surface area contributed by atoms with Crippen LogP contribution in [0.1, 0.15) is 78.6 Å². The summed E-state index contributed by atoms with van der Waals surface area (Å²) < 4.78 is 38.8. The summed E-state index contributed by atoms with van der Waals surface area (Å²) in [5.74, 6) is -1.89. The van der Waals surface area contributed by atoms with E-state index < -0.39 is 56.8 Å². The third kappa shape index (κ3) is 3.91. The Morgan fingerprint density at radius 2 is 1.87 bits per heavy atom. The van der Waals surface area contributed by atoms with Gasteiger partial charge in [0, 0.05) is 16.7 Å². The van der Waals surface area contributed by atoms with Gasteiger partial charge in [0.15, 0.2) is 5.78 Å². The highest BCUT2D eigenvalue weighted by molar-refractivity contribution is 8.14. The zero-order chi connectivity index (χ0) is 28.4. The lowest BCUT2D eigenvalue weighted by Crippen LogP contribution is -2.63. The number of halogens is 2. The molecular weight excluding hydrogens is 524 g/mol. The van der Waals surface area contributed by atoms with E-state index in [9.17, 15) is 19.5 Å². The molecule has 0 amide bonds. The van der Waals surface area contributed by atoms with E-state index in [1.54, 1.807) is 19.9 Å². The number of rotatable bonds is 4. The number of ether oxygens (including phenoxy) is 1. The Labute approximate surface area is 232 Å². The van der Waals surface area contributed by atoms with Crippen LogP contribution >= 0.6 is 11.8 Å². The van der Waals surface area contributed by atoms with Gasteiger partial charge in [-0.15, -0.1) is 0 Å². The van der Waals surface area contributed by atoms with Gasteiger partial charge in [-0.1, -0.05) is 37.6 Å². The molecule has 0 radical (unpaired) electrons. The molecular formula is C30H37F2NO5S. The fourth-order valence-electron chi connectivity index (χ4n) is 8.64. The highest BCUT2D eigenvalue weighted by Crippen LogP contribution is 2.68. The van der Waals surface area contributed by atoms with Crippen LogP contribution in [0, 0.1) is 39.4 Å². The molecule has 4 fully saturated rings. The van der Waals surface area contributed by atoms with Gasteiger partial charge in [0.1, 0.15) is 29.0 Å². The fourth-order valence-corrected chi connectivity index (χ4v) is 9.40. The molecule has 0 saturated heterocycles. The van der Waals surface area contributed by atoms with Crippen LogP contribution < -0.4 is 0 Å². The number of alkyl halides is 2. The second-order valence-corrected chi connectivity index (χ2v) is 13.9. The lowest BCUT2D eigenvalue weighted by Gasteiger charge is -2.60. The van der Waals surface area contributed by atoms with Crippen molar-refractivity contribution >= 4 is 28.6 Å². The Bertz CT molecular complexity index is 1200. The number of esters is 1. The average molecular weight is 562 g/mol. The number of carbonyl (C=O) groups excluding carboxylic acids is 3. The van der Waals surface area contributed by atoms with E-state index in [2.05, 4.69) is 0 Å². The Hall–Kier alpha value is -2.05. The third-order valence-corrected chi connectivity index (χ3v) is 12.1. The summed E-state index contributed by atoms with van der Waals surface area (Å²) in [4.78, 5) is 38.7. The van der Waals surface area contributed by atoms with Crippen LogP contribution in [0.2, 0.25) is 0 Å². The van der Waals surface area contributed by atoms with Crippen molar-refractivity contribution in [3.63, 3.8) is 0 Å². The van der Waals surface area contributed by atoms with E-state index in [-0.39, 0.29) is 48.7 Å². The van der Waals surface area contributed by atoms with Crippen LogP contribution in [0.4, 0.5) is 8.78 Å². The molecule has 1 N–H and O–H groups in total. The number of nitrogens with zero attached hydrogens (tertiary/aromatic N) is 1. The Morgan fingerprint density at radius 1 is 1.15 bits per heavy atom. The number of aliphatic hydroxyl groups is 1. The summed E-state index contributed by atoms with van der Waals surface area (Å²) in [5, 5.41) is 19.8. The maximum Gasteiger partial charge on any atom is 0.315 e. The second kappa shape index (κ2) is 9.51. The van der Waals surface area contributed by atoms with Gasteiger partial charge >= 0.3 is 5.97 Å². The van der Waals surface area contributed by atoms with Gasteiger partial charge in [0.05, 0.1) is 11.8 Å². The number of fused-ring (bicyclic) bond motifs is 5. The largest absolute Gasteiger partial charge is 0.461 e. The van der Waals surface area contributed by atoms with E-state index in [0.717, 1.165) is 0 Å². The molecule has 0 aliphatic heterocycles. The average Bonchev–Trinajstić information content (AvgIpc) is 3.22. The summed E-state index contributed by atoms with van der Waals surface area (Å²) in [6, 6.07) is 1.89. The zero-order valence-corrected chi connectivity index (χ0v) is 23.6. The number of hydrogen-bond acceptors (Lipinski definition) is 7. The molecule has 2 unspecified atom stereocenters. The molecule has 0 aromatic carbocycles. The molecule has 0 spiro atoms. The van der Waals surface area contributed by atoms with Crippen molar-refractivity contribution < 1.29 is 33.0 Å². The van der Waals surface area contributed by atoms with E-state index in [1.165, 1.54) is 12.2 Å². The summed E-state index contributed by atoms with van der Waals surface area (Å²) >= 11 is 0.716. The van der Waals surface area contributed by atoms with E-state index in [0.29, 0.717) is 43.9 Å². The molecule has 0 heterocycles. The summed E-state index contributed by atoms with van der Waals surface area (Å²) in [5.41, 5.74) is -6.67. The first-order valence-corrected chi connectivity index (χ1v) is 15.0. The standard InChI is InChI=1S/C30H37F2NO5S/c1-26-12-13-29(32)20(17-22(31)21-16-18(34)8-11-27(21,29)2)19(26)6-7-23(26)38-24(35)28(3)9-4-5-10-30(28,37)25(36)39-15-14-33/h8,11,16,19-20,22-23,37H,4-7,9-10,12-13,15,17H2,1-3H3/t19-,20-,22-,23+,26-,27-,28?,29+,30?/m0/s1. The monoisotopic (exact) mass is 561 g/mol. The van der Waals surface area contributed by atoms with Gasteiger partial charge in [-0.25, -0.2) is 8.78 Å². The Kier molecular flexibility index (Phi) is 6.94. The maximum atomic E-state index is 17.1. The summed E-state index contributed by atoms with van der Waals surface area (Å²) in [6.07, 6.45) is 5.48. The predicted molar refractivity (Wildman–Crippen MR) is 142 cm³/mol. The fraction of sp³-hybridized carbons (Fsp3) is 0.733. The van der Waals surface area contributed by atoms with Crippen LogP contribution in [-0.4, -0.2) is 51.3 Å². The topological polar surface area (TPSA) is 104 Å².